The summed E-state index contributed by atoms with van der Waals surface area (Å²) in [7, 11) is 0. The molecule has 0 saturated carbocycles. The summed E-state index contributed by atoms with van der Waals surface area (Å²) in [6.07, 6.45) is 1.42. The zero-order valence-corrected chi connectivity index (χ0v) is 16.1. The molecule has 2 heterocycles. The molecule has 27 heavy (non-hydrogen) atoms. The van der Waals surface area contributed by atoms with E-state index in [-0.39, 0.29) is 30.2 Å². The van der Waals surface area contributed by atoms with Crippen LogP contribution < -0.4 is 10.2 Å². The predicted molar refractivity (Wildman–Crippen MR) is 108 cm³/mol. The maximum atomic E-state index is 13.6. The molecule has 1 saturated heterocycles. The highest BCUT2D eigenvalue weighted by Crippen LogP contribution is 2.28. The number of rotatable bonds is 4. The van der Waals surface area contributed by atoms with Gasteiger partial charge in [-0.1, -0.05) is 30.3 Å². The molecule has 4 nitrogen and oxygen atoms in total. The number of piperazine rings is 1. The Hall–Kier alpha value is -1.95. The van der Waals surface area contributed by atoms with Gasteiger partial charge in [0, 0.05) is 50.9 Å². The second kappa shape index (κ2) is 8.83. The Morgan fingerprint density at radius 3 is 2.85 bits per heavy atom. The fourth-order valence-electron chi connectivity index (χ4n) is 4.03. The Morgan fingerprint density at radius 2 is 2.00 bits per heavy atom. The molecule has 2 aromatic rings. The first-order valence-corrected chi connectivity index (χ1v) is 9.31. The summed E-state index contributed by atoms with van der Waals surface area (Å²) in [5.74, 6) is -0.0377. The fraction of sp³-hybridized carbons (Fsp3) is 0.381. The Bertz CT molecular complexity index is 801. The molecule has 2 aromatic carbocycles. The topological polar surface area (TPSA) is 35.6 Å². The number of nitrogens with zero attached hydrogens (tertiary/aromatic N) is 2. The van der Waals surface area contributed by atoms with E-state index >= 15 is 0 Å². The Kier molecular flexibility index (Phi) is 6.47. The van der Waals surface area contributed by atoms with Crippen LogP contribution in [0.4, 0.5) is 10.1 Å². The fourth-order valence-corrected chi connectivity index (χ4v) is 4.03. The second-order valence-corrected chi connectivity index (χ2v) is 6.98. The van der Waals surface area contributed by atoms with Crippen molar-refractivity contribution in [2.24, 2.45) is 0 Å². The molecule has 2 aliphatic rings. The number of nitrogens with one attached hydrogen (secondary N) is 1. The number of amides is 1. The SMILES string of the molecule is Cl.O=C(CCN1CCNCC1c1cccc(F)c1)N1CCc2ccccc21. The molecular weight excluding hydrogens is 365 g/mol. The lowest BCUT2D eigenvalue weighted by Crippen LogP contribution is -2.47. The van der Waals surface area contributed by atoms with Crippen LogP contribution in [0, 0.1) is 5.82 Å². The minimum Gasteiger partial charge on any atom is -0.314 e. The van der Waals surface area contributed by atoms with Crippen LogP contribution in [0.25, 0.3) is 0 Å². The molecule has 1 amide bonds. The van der Waals surface area contributed by atoms with Crippen molar-refractivity contribution in [3.8, 4) is 0 Å². The van der Waals surface area contributed by atoms with Gasteiger partial charge in [0.2, 0.25) is 5.91 Å². The van der Waals surface area contributed by atoms with Crippen molar-refractivity contribution >= 4 is 24.0 Å². The molecule has 0 spiro atoms. The predicted octanol–water partition coefficient (Wildman–Crippen LogP) is 3.17. The van der Waals surface area contributed by atoms with Crippen LogP contribution >= 0.6 is 12.4 Å². The van der Waals surface area contributed by atoms with E-state index < -0.39 is 0 Å². The van der Waals surface area contributed by atoms with Crippen molar-refractivity contribution in [1.29, 1.82) is 0 Å². The number of carbonyl (C=O) groups is 1. The van der Waals surface area contributed by atoms with Gasteiger partial charge in [0.05, 0.1) is 0 Å². The van der Waals surface area contributed by atoms with Crippen LogP contribution in [0.15, 0.2) is 48.5 Å². The lowest BCUT2D eigenvalue weighted by molar-refractivity contribution is -0.119. The van der Waals surface area contributed by atoms with Gasteiger partial charge in [-0.15, -0.1) is 12.4 Å². The summed E-state index contributed by atoms with van der Waals surface area (Å²) in [6.45, 7) is 4.01. The van der Waals surface area contributed by atoms with Gasteiger partial charge in [0.15, 0.2) is 0 Å². The molecule has 1 N–H and O–H groups in total. The summed E-state index contributed by atoms with van der Waals surface area (Å²) < 4.78 is 13.6. The minimum absolute atomic E-state index is 0. The van der Waals surface area contributed by atoms with Crippen molar-refractivity contribution in [3.05, 3.63) is 65.5 Å². The Balaban J connectivity index is 0.00000210. The first-order valence-electron chi connectivity index (χ1n) is 9.31. The Labute approximate surface area is 165 Å². The zero-order chi connectivity index (χ0) is 17.9. The first kappa shape index (κ1) is 19.8. The molecule has 0 aliphatic carbocycles. The molecule has 4 rings (SSSR count). The number of para-hydroxylation sites is 1. The van der Waals surface area contributed by atoms with Crippen molar-refractivity contribution in [2.45, 2.75) is 18.9 Å². The van der Waals surface area contributed by atoms with Crippen LogP contribution in [0.5, 0.6) is 0 Å². The van der Waals surface area contributed by atoms with Crippen LogP contribution in [-0.2, 0) is 11.2 Å². The largest absolute Gasteiger partial charge is 0.314 e. The number of hydrogen-bond donors (Lipinski definition) is 1. The molecule has 0 aromatic heterocycles. The molecule has 0 bridgehead atoms. The molecule has 0 radical (unpaired) electrons. The van der Waals surface area contributed by atoms with E-state index in [0.29, 0.717) is 13.0 Å². The van der Waals surface area contributed by atoms with Crippen LogP contribution in [0.2, 0.25) is 0 Å². The lowest BCUT2D eigenvalue weighted by Gasteiger charge is -2.36. The summed E-state index contributed by atoms with van der Waals surface area (Å²) >= 11 is 0. The van der Waals surface area contributed by atoms with Crippen molar-refractivity contribution in [1.82, 2.24) is 10.2 Å². The van der Waals surface area contributed by atoms with Gasteiger partial charge in [-0.3, -0.25) is 9.69 Å². The molecule has 144 valence electrons. The van der Waals surface area contributed by atoms with Crippen LogP contribution in [-0.4, -0.2) is 43.5 Å². The number of anilines is 1. The van der Waals surface area contributed by atoms with Gasteiger partial charge in [0.1, 0.15) is 5.82 Å². The van der Waals surface area contributed by atoms with E-state index in [1.807, 2.05) is 29.2 Å². The number of hydrogen-bond acceptors (Lipinski definition) is 3. The van der Waals surface area contributed by atoms with Crippen LogP contribution in [0.3, 0.4) is 0 Å². The molecule has 2 aliphatic heterocycles. The van der Waals surface area contributed by atoms with Gasteiger partial charge in [-0.05, 0) is 35.7 Å². The summed E-state index contributed by atoms with van der Waals surface area (Å²) in [5.41, 5.74) is 3.27. The standard InChI is InChI=1S/C21H24FN3O.ClH/c22-18-6-3-5-17(14-18)20-15-23-10-13-24(20)11-9-21(26)25-12-8-16-4-1-2-7-19(16)25;/h1-7,14,20,23H,8-13,15H2;1H. The second-order valence-electron chi connectivity index (χ2n) is 6.98. The van der Waals surface area contributed by atoms with E-state index in [4.69, 9.17) is 0 Å². The highest BCUT2D eigenvalue weighted by atomic mass is 35.5. The third kappa shape index (κ3) is 4.32. The number of benzene rings is 2. The van der Waals surface area contributed by atoms with E-state index in [2.05, 4.69) is 16.3 Å². The molecular formula is C21H25ClFN3O. The van der Waals surface area contributed by atoms with E-state index in [1.54, 1.807) is 12.1 Å². The Morgan fingerprint density at radius 1 is 1.15 bits per heavy atom. The van der Waals surface area contributed by atoms with Crippen LogP contribution in [0.1, 0.15) is 23.6 Å². The molecule has 6 heteroatoms. The smallest absolute Gasteiger partial charge is 0.228 e. The highest BCUT2D eigenvalue weighted by molar-refractivity contribution is 5.95. The number of halogens is 2. The van der Waals surface area contributed by atoms with Crippen molar-refractivity contribution in [2.75, 3.05) is 37.6 Å². The van der Waals surface area contributed by atoms with Gasteiger partial charge in [-0.25, -0.2) is 4.39 Å². The first-order chi connectivity index (χ1) is 12.7. The highest BCUT2D eigenvalue weighted by Gasteiger charge is 2.27. The maximum Gasteiger partial charge on any atom is 0.228 e. The molecule has 1 atom stereocenters. The van der Waals surface area contributed by atoms with Gasteiger partial charge in [-0.2, -0.15) is 0 Å². The monoisotopic (exact) mass is 389 g/mol. The van der Waals surface area contributed by atoms with Crippen molar-refractivity contribution < 1.29 is 9.18 Å². The molecule has 1 fully saturated rings. The summed E-state index contributed by atoms with van der Waals surface area (Å²) in [6, 6.07) is 15.0. The van der Waals surface area contributed by atoms with E-state index in [9.17, 15) is 9.18 Å². The lowest BCUT2D eigenvalue weighted by atomic mass is 10.0. The zero-order valence-electron chi connectivity index (χ0n) is 15.2. The van der Waals surface area contributed by atoms with Gasteiger partial charge < -0.3 is 10.2 Å². The van der Waals surface area contributed by atoms with Gasteiger partial charge in [0.25, 0.3) is 0 Å². The van der Waals surface area contributed by atoms with E-state index in [0.717, 1.165) is 43.9 Å². The minimum atomic E-state index is -0.210. The normalized spacial score (nSPS) is 19.4. The maximum absolute atomic E-state index is 13.6. The third-order valence-electron chi connectivity index (χ3n) is 5.39. The summed E-state index contributed by atoms with van der Waals surface area (Å²) in [5, 5.41) is 3.38. The number of fused-ring (bicyclic) bond motifs is 1. The number of carbonyl (C=O) groups excluding carboxylic acids is 1. The average Bonchev–Trinajstić information content (AvgIpc) is 3.10. The quantitative estimate of drug-likeness (QED) is 0.872. The molecule has 1 unspecified atom stereocenters. The summed E-state index contributed by atoms with van der Waals surface area (Å²) in [4.78, 5) is 17.0. The third-order valence-corrected chi connectivity index (χ3v) is 5.39. The van der Waals surface area contributed by atoms with Crippen molar-refractivity contribution in [3.63, 3.8) is 0 Å². The van der Waals surface area contributed by atoms with Gasteiger partial charge >= 0.3 is 0 Å². The average molecular weight is 390 g/mol. The van der Waals surface area contributed by atoms with E-state index in [1.165, 1.54) is 11.6 Å².